The fourth-order valence-electron chi connectivity index (χ4n) is 3.06. The van der Waals surface area contributed by atoms with Crippen molar-refractivity contribution >= 4 is 29.1 Å². The fraction of sp³-hybridized carbons (Fsp3) is 0.368. The van der Waals surface area contributed by atoms with Gasteiger partial charge in [-0.05, 0) is 12.8 Å². The Labute approximate surface area is 161 Å². The summed E-state index contributed by atoms with van der Waals surface area (Å²) < 4.78 is 0. The summed E-state index contributed by atoms with van der Waals surface area (Å²) in [5.41, 5.74) is 1.24. The molecule has 1 fully saturated rings. The number of carbonyl (C=O) groups is 3. The van der Waals surface area contributed by atoms with Gasteiger partial charge in [-0.1, -0.05) is 30.3 Å². The number of piperidine rings is 1. The van der Waals surface area contributed by atoms with E-state index in [0.29, 0.717) is 25.1 Å². The molecule has 1 aliphatic rings. The highest BCUT2D eigenvalue weighted by atomic mass is 32.1. The predicted octanol–water partition coefficient (Wildman–Crippen LogP) is 2.21. The van der Waals surface area contributed by atoms with Crippen molar-refractivity contribution in [1.82, 2.24) is 14.8 Å². The number of aromatic nitrogens is 1. The molecule has 2 aromatic rings. The zero-order valence-corrected chi connectivity index (χ0v) is 15.8. The van der Waals surface area contributed by atoms with E-state index in [1.54, 1.807) is 12.4 Å². The monoisotopic (exact) mass is 387 g/mol. The van der Waals surface area contributed by atoms with Crippen LogP contribution in [0.1, 0.15) is 23.3 Å². The Morgan fingerprint density at radius 3 is 2.74 bits per heavy atom. The largest absolute Gasteiger partial charge is 0.481 e. The van der Waals surface area contributed by atoms with Crippen LogP contribution in [-0.4, -0.2) is 64.4 Å². The van der Waals surface area contributed by atoms with E-state index in [2.05, 4.69) is 4.98 Å². The molecule has 1 N–H and O–H groups in total. The lowest BCUT2D eigenvalue weighted by Gasteiger charge is -2.31. The zero-order valence-electron chi connectivity index (χ0n) is 15.0. The van der Waals surface area contributed by atoms with Gasteiger partial charge in [0.25, 0.3) is 5.91 Å². The Kier molecular flexibility index (Phi) is 5.85. The molecule has 0 saturated carbocycles. The van der Waals surface area contributed by atoms with E-state index in [9.17, 15) is 14.4 Å². The minimum Gasteiger partial charge on any atom is -0.481 e. The van der Waals surface area contributed by atoms with Gasteiger partial charge in [0, 0.05) is 31.1 Å². The average molecular weight is 387 g/mol. The van der Waals surface area contributed by atoms with E-state index in [-0.39, 0.29) is 24.9 Å². The minimum atomic E-state index is -0.882. The van der Waals surface area contributed by atoms with Crippen LogP contribution in [0, 0.1) is 5.92 Å². The van der Waals surface area contributed by atoms with Crippen molar-refractivity contribution in [3.8, 4) is 10.6 Å². The molecule has 142 valence electrons. The van der Waals surface area contributed by atoms with Crippen molar-refractivity contribution in [1.29, 1.82) is 0 Å². The summed E-state index contributed by atoms with van der Waals surface area (Å²) in [5.74, 6) is -1.98. The van der Waals surface area contributed by atoms with Crippen molar-refractivity contribution in [2.24, 2.45) is 5.92 Å². The van der Waals surface area contributed by atoms with Gasteiger partial charge in [0.15, 0.2) is 0 Å². The predicted molar refractivity (Wildman–Crippen MR) is 101 cm³/mol. The minimum absolute atomic E-state index is 0.0939. The Hall–Kier alpha value is -2.74. The molecule has 2 amide bonds. The van der Waals surface area contributed by atoms with Crippen LogP contribution >= 0.6 is 11.3 Å². The van der Waals surface area contributed by atoms with E-state index >= 15 is 0 Å². The van der Waals surface area contributed by atoms with Gasteiger partial charge in [0.1, 0.15) is 10.7 Å². The van der Waals surface area contributed by atoms with E-state index in [1.165, 1.54) is 21.1 Å². The third kappa shape index (κ3) is 4.51. The number of carboxylic acids is 1. The van der Waals surface area contributed by atoms with E-state index in [0.717, 1.165) is 10.6 Å². The van der Waals surface area contributed by atoms with Crippen LogP contribution in [0.25, 0.3) is 10.6 Å². The van der Waals surface area contributed by atoms with Crippen molar-refractivity contribution in [3.05, 3.63) is 41.4 Å². The first-order valence-electron chi connectivity index (χ1n) is 8.72. The maximum atomic E-state index is 12.6. The number of carbonyl (C=O) groups excluding carboxylic acids is 2. The first-order chi connectivity index (χ1) is 13.0. The molecule has 0 spiro atoms. The third-order valence-corrected chi connectivity index (χ3v) is 5.48. The number of carboxylic acid groups (broad SMARTS) is 1. The molecule has 1 aromatic heterocycles. The number of rotatable bonds is 5. The summed E-state index contributed by atoms with van der Waals surface area (Å²) in [6.45, 7) is 0.633. The van der Waals surface area contributed by atoms with Crippen molar-refractivity contribution < 1.29 is 19.5 Å². The molecule has 1 aliphatic heterocycles. The van der Waals surface area contributed by atoms with E-state index in [1.807, 2.05) is 30.3 Å². The van der Waals surface area contributed by atoms with E-state index < -0.39 is 11.9 Å². The molecular formula is C19H21N3O4S. The summed E-state index contributed by atoms with van der Waals surface area (Å²) in [4.78, 5) is 43.4. The number of aliphatic carboxylic acids is 1. The highest BCUT2D eigenvalue weighted by molar-refractivity contribution is 7.13. The molecule has 27 heavy (non-hydrogen) atoms. The molecule has 7 nitrogen and oxygen atoms in total. The fourth-order valence-corrected chi connectivity index (χ4v) is 3.86. The van der Waals surface area contributed by atoms with Crippen LogP contribution in [0.5, 0.6) is 0 Å². The van der Waals surface area contributed by atoms with Crippen molar-refractivity contribution in [2.45, 2.75) is 12.8 Å². The molecular weight excluding hydrogens is 366 g/mol. The lowest BCUT2D eigenvalue weighted by Crippen LogP contribution is -2.46. The first-order valence-corrected chi connectivity index (χ1v) is 9.60. The topological polar surface area (TPSA) is 90.8 Å². The van der Waals surface area contributed by atoms with E-state index in [4.69, 9.17) is 5.11 Å². The first kappa shape index (κ1) is 19.0. The molecule has 1 aromatic carbocycles. The SMILES string of the molecule is CN(CC(=O)N1CCCC(C(=O)O)C1)C(=O)c1csc(-c2ccccc2)n1. The lowest BCUT2D eigenvalue weighted by atomic mass is 9.98. The van der Waals surface area contributed by atoms with Crippen molar-refractivity contribution in [2.75, 3.05) is 26.7 Å². The van der Waals surface area contributed by atoms with Crippen LogP contribution in [0.4, 0.5) is 0 Å². The summed E-state index contributed by atoms with van der Waals surface area (Å²) in [5, 5.41) is 11.6. The van der Waals surface area contributed by atoms with Crippen LogP contribution in [0.2, 0.25) is 0 Å². The van der Waals surface area contributed by atoms with Gasteiger partial charge in [-0.2, -0.15) is 0 Å². The van der Waals surface area contributed by atoms with Crippen molar-refractivity contribution in [3.63, 3.8) is 0 Å². The lowest BCUT2D eigenvalue weighted by molar-refractivity contribution is -0.145. The molecule has 0 aliphatic carbocycles. The Bertz CT molecular complexity index is 836. The van der Waals surface area contributed by atoms with Gasteiger partial charge in [-0.25, -0.2) is 4.98 Å². The summed E-state index contributed by atoms with van der Waals surface area (Å²) in [6.07, 6.45) is 1.24. The number of nitrogens with zero attached hydrogens (tertiary/aromatic N) is 3. The number of thiazole rings is 1. The molecule has 1 unspecified atom stereocenters. The van der Waals surface area contributed by atoms with Gasteiger partial charge in [-0.3, -0.25) is 14.4 Å². The van der Waals surface area contributed by atoms with Gasteiger partial charge >= 0.3 is 5.97 Å². The number of hydrogen-bond acceptors (Lipinski definition) is 5. The van der Waals surface area contributed by atoms with Gasteiger partial charge in [0.05, 0.1) is 12.5 Å². The van der Waals surface area contributed by atoms with Crippen LogP contribution < -0.4 is 0 Å². The highest BCUT2D eigenvalue weighted by Crippen LogP contribution is 2.24. The average Bonchev–Trinajstić information content (AvgIpc) is 3.18. The second-order valence-corrected chi connectivity index (χ2v) is 7.44. The van der Waals surface area contributed by atoms with Crippen LogP contribution in [0.3, 0.4) is 0 Å². The number of hydrogen-bond donors (Lipinski definition) is 1. The van der Waals surface area contributed by atoms with Crippen LogP contribution in [-0.2, 0) is 9.59 Å². The second-order valence-electron chi connectivity index (χ2n) is 6.58. The number of amides is 2. The number of benzene rings is 1. The molecule has 1 atom stereocenters. The standard InChI is InChI=1S/C19H21N3O4S/c1-21(11-16(23)22-9-5-8-14(10-22)19(25)26)18(24)15-12-27-17(20-15)13-6-3-2-4-7-13/h2-4,6-7,12,14H,5,8-11H2,1H3,(H,25,26). The molecule has 8 heteroatoms. The maximum absolute atomic E-state index is 12.6. The number of likely N-dealkylation sites (tertiary alicyclic amines) is 1. The Morgan fingerprint density at radius 2 is 2.04 bits per heavy atom. The van der Waals surface area contributed by atoms with Crippen LogP contribution in [0.15, 0.2) is 35.7 Å². The molecule has 0 radical (unpaired) electrons. The molecule has 2 heterocycles. The second kappa shape index (κ2) is 8.30. The molecule has 0 bridgehead atoms. The summed E-state index contributed by atoms with van der Waals surface area (Å²) in [7, 11) is 1.56. The quantitative estimate of drug-likeness (QED) is 0.849. The molecule has 1 saturated heterocycles. The Morgan fingerprint density at radius 1 is 1.30 bits per heavy atom. The zero-order chi connectivity index (χ0) is 19.4. The van der Waals surface area contributed by atoms with Gasteiger partial charge in [0.2, 0.25) is 5.91 Å². The summed E-state index contributed by atoms with van der Waals surface area (Å²) in [6, 6.07) is 9.58. The normalized spacial score (nSPS) is 16.8. The smallest absolute Gasteiger partial charge is 0.308 e. The molecule has 3 rings (SSSR count). The Balaban J connectivity index is 1.61. The van der Waals surface area contributed by atoms with Gasteiger partial charge < -0.3 is 14.9 Å². The highest BCUT2D eigenvalue weighted by Gasteiger charge is 2.29. The van der Waals surface area contributed by atoms with Gasteiger partial charge in [-0.15, -0.1) is 11.3 Å². The third-order valence-electron chi connectivity index (χ3n) is 4.59. The number of likely N-dealkylation sites (N-methyl/N-ethyl adjacent to an activating group) is 1. The summed E-state index contributed by atoms with van der Waals surface area (Å²) >= 11 is 1.38. The maximum Gasteiger partial charge on any atom is 0.308 e.